The lowest BCUT2D eigenvalue weighted by Gasteiger charge is -2.10. The SMILES string of the molecule is O=C(Cc1ccccc1)c1cc(NC(=O)C2C(c3cc(Cl)c(OO)c(Cl)c3)C2(Cl)Cl)ccc1Cl. The number of alkyl halides is 2. The van der Waals surface area contributed by atoms with Crippen LogP contribution >= 0.6 is 58.0 Å². The number of ketones is 1. The Balaban J connectivity index is 1.52. The van der Waals surface area contributed by atoms with Gasteiger partial charge in [0.2, 0.25) is 11.7 Å². The monoisotopic (exact) mass is 557 g/mol. The van der Waals surface area contributed by atoms with Gasteiger partial charge in [-0.15, -0.1) is 23.2 Å². The highest BCUT2D eigenvalue weighted by Gasteiger charge is 2.67. The van der Waals surface area contributed by atoms with Crippen molar-refractivity contribution in [2.45, 2.75) is 16.7 Å². The number of hydrogen-bond donors (Lipinski definition) is 2. The van der Waals surface area contributed by atoms with Crippen LogP contribution in [0.4, 0.5) is 5.69 Å². The lowest BCUT2D eigenvalue weighted by Crippen LogP contribution is -2.17. The number of rotatable bonds is 7. The van der Waals surface area contributed by atoms with E-state index in [9.17, 15) is 9.59 Å². The van der Waals surface area contributed by atoms with E-state index < -0.39 is 22.1 Å². The van der Waals surface area contributed by atoms with Crippen molar-refractivity contribution in [3.05, 3.63) is 92.4 Å². The molecule has 34 heavy (non-hydrogen) atoms. The van der Waals surface area contributed by atoms with Crippen LogP contribution in [0.25, 0.3) is 0 Å². The maximum absolute atomic E-state index is 13.0. The maximum atomic E-state index is 13.0. The van der Waals surface area contributed by atoms with E-state index in [0.717, 1.165) is 5.56 Å². The number of benzene rings is 3. The molecule has 3 aromatic carbocycles. The number of carbonyl (C=O) groups is 2. The Bertz CT molecular complexity index is 1240. The topological polar surface area (TPSA) is 75.6 Å². The van der Waals surface area contributed by atoms with E-state index in [1.165, 1.54) is 18.2 Å². The van der Waals surface area contributed by atoms with Gasteiger partial charge >= 0.3 is 0 Å². The van der Waals surface area contributed by atoms with Crippen LogP contribution in [0.5, 0.6) is 5.75 Å². The number of nitrogens with one attached hydrogen (secondary N) is 1. The molecule has 0 heterocycles. The van der Waals surface area contributed by atoms with E-state index in [0.29, 0.717) is 11.3 Å². The van der Waals surface area contributed by atoms with Crippen molar-refractivity contribution >= 4 is 75.4 Å². The van der Waals surface area contributed by atoms with Crippen LogP contribution in [0, 0.1) is 5.92 Å². The first-order valence-electron chi connectivity index (χ1n) is 9.99. The molecule has 0 aromatic heterocycles. The largest absolute Gasteiger partial charge is 0.337 e. The molecule has 4 rings (SSSR count). The summed E-state index contributed by atoms with van der Waals surface area (Å²) in [5, 5.41) is 12.0. The standard InChI is InChI=1S/C24H16Cl5NO4/c25-16-7-6-14(11-15(16)19(31)8-12-4-2-1-3-5-12)30-23(32)21-20(24(21,28)29)13-9-17(26)22(34-33)18(27)10-13/h1-7,9-11,20-21,33H,8H2,(H,30,32). The van der Waals surface area contributed by atoms with Crippen LogP contribution in [-0.4, -0.2) is 21.3 Å². The summed E-state index contributed by atoms with van der Waals surface area (Å²) in [7, 11) is 0. The first kappa shape index (κ1) is 25.1. The summed E-state index contributed by atoms with van der Waals surface area (Å²) >= 11 is 31.2. The smallest absolute Gasteiger partial charge is 0.231 e. The number of Topliss-reactive ketones (excluding diaryl/α,β-unsaturated/α-hetero) is 1. The van der Waals surface area contributed by atoms with Crippen LogP contribution in [0.15, 0.2) is 60.7 Å². The molecule has 1 saturated carbocycles. The van der Waals surface area contributed by atoms with E-state index in [-0.39, 0.29) is 38.6 Å². The van der Waals surface area contributed by atoms with Gasteiger partial charge in [0.05, 0.1) is 21.0 Å². The van der Waals surface area contributed by atoms with Gasteiger partial charge in [-0.05, 0) is 41.5 Å². The van der Waals surface area contributed by atoms with E-state index in [1.807, 2.05) is 30.3 Å². The van der Waals surface area contributed by atoms with E-state index in [4.69, 9.17) is 63.3 Å². The molecule has 3 aromatic rings. The molecule has 0 saturated heterocycles. The van der Waals surface area contributed by atoms with Crippen molar-refractivity contribution in [3.8, 4) is 5.75 Å². The number of carbonyl (C=O) groups excluding carboxylic acids is 2. The van der Waals surface area contributed by atoms with Crippen LogP contribution in [-0.2, 0) is 11.2 Å². The first-order chi connectivity index (χ1) is 16.1. The summed E-state index contributed by atoms with van der Waals surface area (Å²) in [5.41, 5.74) is 2.02. The van der Waals surface area contributed by atoms with Gasteiger partial charge in [-0.1, -0.05) is 65.1 Å². The fourth-order valence-corrected chi connectivity index (χ4v) is 5.45. The lowest BCUT2D eigenvalue weighted by atomic mass is 10.0. The highest BCUT2D eigenvalue weighted by Crippen LogP contribution is 2.65. The average molecular weight is 560 g/mol. The summed E-state index contributed by atoms with van der Waals surface area (Å²) in [6, 6.07) is 16.9. The molecule has 0 bridgehead atoms. The van der Waals surface area contributed by atoms with Crippen LogP contribution in [0.1, 0.15) is 27.4 Å². The highest BCUT2D eigenvalue weighted by atomic mass is 35.5. The Morgan fingerprint density at radius 3 is 2.21 bits per heavy atom. The van der Waals surface area contributed by atoms with Crippen molar-refractivity contribution in [1.82, 2.24) is 0 Å². The minimum absolute atomic E-state index is 0.0412. The summed E-state index contributed by atoms with van der Waals surface area (Å²) in [6.45, 7) is 0. The third-order valence-corrected chi connectivity index (χ3v) is 7.38. The van der Waals surface area contributed by atoms with Gasteiger partial charge in [0.25, 0.3) is 0 Å². The molecule has 176 valence electrons. The molecule has 1 aliphatic rings. The fourth-order valence-electron chi connectivity index (χ4n) is 3.83. The zero-order valence-corrected chi connectivity index (χ0v) is 21.0. The normalized spacial score (nSPS) is 18.3. The third-order valence-electron chi connectivity index (χ3n) is 5.55. The molecule has 5 nitrogen and oxygen atoms in total. The van der Waals surface area contributed by atoms with Gasteiger partial charge in [0.1, 0.15) is 4.33 Å². The van der Waals surface area contributed by atoms with Gasteiger partial charge in [0, 0.05) is 23.6 Å². The van der Waals surface area contributed by atoms with Gasteiger partial charge in [0.15, 0.2) is 5.78 Å². The second-order valence-corrected chi connectivity index (χ2v) is 10.5. The molecular weight excluding hydrogens is 544 g/mol. The van der Waals surface area contributed by atoms with Crippen LogP contribution < -0.4 is 10.2 Å². The maximum Gasteiger partial charge on any atom is 0.231 e. The molecule has 0 aliphatic heterocycles. The Morgan fingerprint density at radius 2 is 1.59 bits per heavy atom. The molecule has 1 aliphatic carbocycles. The van der Waals surface area contributed by atoms with E-state index >= 15 is 0 Å². The quantitative estimate of drug-likeness (QED) is 0.136. The van der Waals surface area contributed by atoms with Crippen molar-refractivity contribution in [1.29, 1.82) is 0 Å². The summed E-state index contributed by atoms with van der Waals surface area (Å²) in [4.78, 5) is 29.9. The molecule has 1 amide bonds. The Morgan fingerprint density at radius 1 is 0.941 bits per heavy atom. The van der Waals surface area contributed by atoms with Crippen molar-refractivity contribution in [2.75, 3.05) is 5.32 Å². The molecule has 0 radical (unpaired) electrons. The summed E-state index contributed by atoms with van der Waals surface area (Å²) in [6.07, 6.45) is 0.171. The number of amides is 1. The van der Waals surface area contributed by atoms with Crippen LogP contribution in [0.2, 0.25) is 15.1 Å². The Kier molecular flexibility index (Phi) is 7.34. The minimum atomic E-state index is -1.41. The molecular formula is C24H16Cl5NO4. The number of halogens is 5. The first-order valence-corrected chi connectivity index (χ1v) is 11.9. The molecule has 1 fully saturated rings. The fraction of sp³-hybridized carbons (Fsp3) is 0.167. The third kappa shape index (κ3) is 5.01. The summed E-state index contributed by atoms with van der Waals surface area (Å²) < 4.78 is -1.41. The Hall–Kier alpha value is -1.99. The zero-order valence-electron chi connectivity index (χ0n) is 17.2. The minimum Gasteiger partial charge on any atom is -0.337 e. The van der Waals surface area contributed by atoms with Crippen molar-refractivity contribution in [2.24, 2.45) is 5.92 Å². The predicted octanol–water partition coefficient (Wildman–Crippen LogP) is 7.45. The van der Waals surface area contributed by atoms with Gasteiger partial charge in [-0.2, -0.15) is 0 Å². The second kappa shape index (κ2) is 9.94. The molecule has 10 heteroatoms. The molecule has 2 atom stereocenters. The van der Waals surface area contributed by atoms with Gasteiger partial charge in [-0.25, -0.2) is 5.26 Å². The zero-order chi connectivity index (χ0) is 24.6. The second-order valence-electron chi connectivity index (χ2n) is 7.80. The highest BCUT2D eigenvalue weighted by molar-refractivity contribution is 6.53. The van der Waals surface area contributed by atoms with Crippen molar-refractivity contribution < 1.29 is 19.7 Å². The molecule has 0 spiro atoms. The number of hydrogen-bond acceptors (Lipinski definition) is 4. The van der Waals surface area contributed by atoms with E-state index in [1.54, 1.807) is 12.1 Å². The van der Waals surface area contributed by atoms with Gasteiger partial charge < -0.3 is 10.2 Å². The lowest BCUT2D eigenvalue weighted by molar-refractivity contribution is -0.137. The number of anilines is 1. The summed E-state index contributed by atoms with van der Waals surface area (Å²) in [5.74, 6) is -2.17. The van der Waals surface area contributed by atoms with E-state index in [2.05, 4.69) is 10.2 Å². The molecule has 2 N–H and O–H groups in total. The predicted molar refractivity (Wildman–Crippen MR) is 135 cm³/mol. The van der Waals surface area contributed by atoms with Crippen molar-refractivity contribution in [3.63, 3.8) is 0 Å². The van der Waals surface area contributed by atoms with Crippen LogP contribution in [0.3, 0.4) is 0 Å². The Labute approximate surface area is 220 Å². The molecule has 2 unspecified atom stereocenters. The van der Waals surface area contributed by atoms with Gasteiger partial charge in [-0.3, -0.25) is 9.59 Å². The average Bonchev–Trinajstić information content (AvgIpc) is 3.37.